The molecule has 1 aliphatic rings. The van der Waals surface area contributed by atoms with E-state index in [9.17, 15) is 5.11 Å². The van der Waals surface area contributed by atoms with Gasteiger partial charge >= 0.3 is 21.7 Å². The van der Waals surface area contributed by atoms with Gasteiger partial charge in [-0.15, -0.1) is 6.42 Å². The minimum absolute atomic E-state index is 0. The summed E-state index contributed by atoms with van der Waals surface area (Å²) in [5.41, 5.74) is 3.26. The van der Waals surface area contributed by atoms with E-state index in [2.05, 4.69) is 72.8 Å². The molecule has 0 saturated carbocycles. The van der Waals surface area contributed by atoms with Crippen molar-refractivity contribution in [3.05, 3.63) is 53.1 Å². The summed E-state index contributed by atoms with van der Waals surface area (Å²) in [6.45, 7) is 14.9. The third-order valence-electron chi connectivity index (χ3n) is 3.46. The molecule has 0 amide bonds. The number of rotatable bonds is 0. The van der Waals surface area contributed by atoms with Gasteiger partial charge in [-0.05, 0) is 28.9 Å². The van der Waals surface area contributed by atoms with Crippen LogP contribution in [0.2, 0.25) is 0 Å². The van der Waals surface area contributed by atoms with Gasteiger partial charge in [0.15, 0.2) is 0 Å². The fourth-order valence-corrected chi connectivity index (χ4v) is 2.26. The minimum atomic E-state index is -0.0178. The van der Waals surface area contributed by atoms with Crippen LogP contribution in [0.3, 0.4) is 0 Å². The van der Waals surface area contributed by atoms with E-state index in [0.29, 0.717) is 5.75 Å². The maximum absolute atomic E-state index is 10.4. The summed E-state index contributed by atoms with van der Waals surface area (Å²) in [5.74, 6) is 0.464. The van der Waals surface area contributed by atoms with Crippen molar-refractivity contribution in [1.82, 2.24) is 0 Å². The third kappa shape index (κ3) is 8.26. The average Bonchev–Trinajstić information content (AvgIpc) is 2.87. The molecule has 2 rings (SSSR count). The summed E-state index contributed by atoms with van der Waals surface area (Å²) in [6.07, 6.45) is 10.0. The predicted octanol–water partition coefficient (Wildman–Crippen LogP) is -0.393. The van der Waals surface area contributed by atoms with Gasteiger partial charge < -0.3 is 14.5 Å². The average molecular weight is 371 g/mol. The van der Waals surface area contributed by atoms with Crippen LogP contribution in [0.15, 0.2) is 30.4 Å². The fourth-order valence-electron chi connectivity index (χ4n) is 2.26. The van der Waals surface area contributed by atoms with E-state index in [1.165, 1.54) is 5.56 Å². The van der Waals surface area contributed by atoms with Gasteiger partial charge in [-0.2, -0.15) is 6.08 Å². The molecular formula is C20H29F2OTi. The second-order valence-electron chi connectivity index (χ2n) is 7.71. The Bertz CT molecular complexity index is 505. The molecule has 1 nitrogen and oxygen atoms in total. The molecule has 1 radical (unpaired) electrons. The molecule has 0 bridgehead atoms. The molecule has 0 atom stereocenters. The van der Waals surface area contributed by atoms with Crippen LogP contribution in [0, 0.1) is 13.0 Å². The molecule has 0 aliphatic heterocycles. The smallest absolute Gasteiger partial charge is 1.00 e. The zero-order valence-corrected chi connectivity index (χ0v) is 17.4. The molecule has 1 N–H and O–H groups in total. The van der Waals surface area contributed by atoms with Gasteiger partial charge in [-0.25, -0.2) is 12.2 Å². The van der Waals surface area contributed by atoms with Crippen molar-refractivity contribution < 1.29 is 36.2 Å². The molecule has 1 aromatic rings. The monoisotopic (exact) mass is 371 g/mol. The van der Waals surface area contributed by atoms with E-state index >= 15 is 0 Å². The Kier molecular flexibility index (Phi) is 12.6. The van der Waals surface area contributed by atoms with Gasteiger partial charge in [0.2, 0.25) is 0 Å². The van der Waals surface area contributed by atoms with Crippen LogP contribution < -0.4 is 9.41 Å². The molecule has 1 aromatic carbocycles. The van der Waals surface area contributed by atoms with Crippen LogP contribution in [0.5, 0.6) is 5.75 Å². The molecule has 0 aromatic heterocycles. The van der Waals surface area contributed by atoms with Crippen LogP contribution in [-0.4, -0.2) is 5.11 Å². The number of allylic oxidation sites excluding steroid dienone is 4. The largest absolute Gasteiger partial charge is 3.00 e. The Labute approximate surface area is 160 Å². The molecule has 0 unspecified atom stereocenters. The molecule has 0 heterocycles. The maximum Gasteiger partial charge on any atom is 3.00 e. The number of aromatic hydroxyl groups is 1. The summed E-state index contributed by atoms with van der Waals surface area (Å²) in [7, 11) is 0. The zero-order chi connectivity index (χ0) is 16.3. The van der Waals surface area contributed by atoms with E-state index in [0.717, 1.165) is 17.5 Å². The molecule has 0 saturated heterocycles. The molecule has 24 heavy (non-hydrogen) atoms. The van der Waals surface area contributed by atoms with Crippen molar-refractivity contribution in [3.8, 4) is 5.75 Å². The second kappa shape index (κ2) is 10.8. The Morgan fingerprint density at radius 1 is 0.917 bits per heavy atom. The molecule has 133 valence electrons. The molecule has 1 aliphatic carbocycles. The van der Waals surface area contributed by atoms with Crippen molar-refractivity contribution in [2.45, 2.75) is 65.7 Å². The van der Waals surface area contributed by atoms with E-state index in [1.807, 2.05) is 12.2 Å². The van der Waals surface area contributed by atoms with Gasteiger partial charge in [0, 0.05) is 0 Å². The van der Waals surface area contributed by atoms with Crippen molar-refractivity contribution in [2.75, 3.05) is 0 Å². The molecule has 0 fully saturated rings. The molecular weight excluding hydrogens is 342 g/mol. The van der Waals surface area contributed by atoms with E-state index in [-0.39, 0.29) is 42.0 Å². The van der Waals surface area contributed by atoms with Gasteiger partial charge in [0.1, 0.15) is 5.75 Å². The summed E-state index contributed by atoms with van der Waals surface area (Å²) in [5, 5.41) is 10.4. The zero-order valence-electron chi connectivity index (χ0n) is 15.8. The standard InChI is InChI=1S/C15H24O.C5H5.2FH.Ti/c1-10-8-11(14(2,3)4)13(16)12(9-10)15(5,6)7;1-2-4-5-3-1;;;/h8-9,16H,1-7H3;1-3H,4H2;2*1H;/q;-1;;;+3/p-2. The molecule has 4 heteroatoms. The fraction of sp³-hybridized carbons (Fsp3) is 0.500. The first kappa shape index (κ1) is 27.9. The van der Waals surface area contributed by atoms with E-state index in [4.69, 9.17) is 0 Å². The van der Waals surface area contributed by atoms with Crippen molar-refractivity contribution in [3.63, 3.8) is 0 Å². The Morgan fingerprint density at radius 3 is 1.54 bits per heavy atom. The maximum atomic E-state index is 10.4. The number of hydrogen-bond donors (Lipinski definition) is 1. The predicted molar refractivity (Wildman–Crippen MR) is 91.8 cm³/mol. The second-order valence-corrected chi connectivity index (χ2v) is 7.71. The van der Waals surface area contributed by atoms with Crippen molar-refractivity contribution >= 4 is 0 Å². The van der Waals surface area contributed by atoms with Gasteiger partial charge in [-0.3, -0.25) is 6.08 Å². The Morgan fingerprint density at radius 2 is 1.33 bits per heavy atom. The normalized spacial score (nSPS) is 12.3. The Balaban J connectivity index is -0.000000475. The SMILES string of the molecule is Cc1cc(C(C)(C)C)c(O)c(C(C)(C)C)c1.[C-]1=CC=CC1.[F-].[F-].[Ti+3]. The third-order valence-corrected chi connectivity index (χ3v) is 3.46. The first-order valence-electron chi connectivity index (χ1n) is 7.60. The van der Waals surface area contributed by atoms with Crippen molar-refractivity contribution in [1.29, 1.82) is 0 Å². The van der Waals surface area contributed by atoms with Crippen LogP contribution in [0.1, 0.15) is 64.7 Å². The quantitative estimate of drug-likeness (QED) is 0.487. The number of aryl methyl sites for hydroxylation is 1. The number of phenolic OH excluding ortho intramolecular Hbond substituents is 1. The van der Waals surface area contributed by atoms with Crippen LogP contribution in [0.4, 0.5) is 0 Å². The first-order valence-corrected chi connectivity index (χ1v) is 7.60. The summed E-state index contributed by atoms with van der Waals surface area (Å²) in [4.78, 5) is 0. The number of benzene rings is 1. The summed E-state index contributed by atoms with van der Waals surface area (Å²) < 4.78 is 0. The summed E-state index contributed by atoms with van der Waals surface area (Å²) >= 11 is 0. The van der Waals surface area contributed by atoms with Crippen molar-refractivity contribution in [2.24, 2.45) is 0 Å². The van der Waals surface area contributed by atoms with Crippen LogP contribution >= 0.6 is 0 Å². The first-order chi connectivity index (χ1) is 9.53. The van der Waals surface area contributed by atoms with Crippen LogP contribution in [0.25, 0.3) is 0 Å². The van der Waals surface area contributed by atoms with Gasteiger partial charge in [-0.1, -0.05) is 59.2 Å². The van der Waals surface area contributed by atoms with Crippen LogP contribution in [-0.2, 0) is 32.5 Å². The van der Waals surface area contributed by atoms with Gasteiger partial charge in [0.25, 0.3) is 0 Å². The molecule has 0 spiro atoms. The van der Waals surface area contributed by atoms with E-state index in [1.54, 1.807) is 0 Å². The topological polar surface area (TPSA) is 20.2 Å². The number of halogens is 2. The number of phenols is 1. The Hall–Kier alpha value is -0.926. The van der Waals surface area contributed by atoms with E-state index < -0.39 is 0 Å². The van der Waals surface area contributed by atoms with Gasteiger partial charge in [0.05, 0.1) is 0 Å². The number of hydrogen-bond acceptors (Lipinski definition) is 1. The minimum Gasteiger partial charge on any atom is -1.00 e. The summed E-state index contributed by atoms with van der Waals surface area (Å²) in [6, 6.07) is 4.18.